The number of nitrogens with zero attached hydrogens (tertiary/aromatic N) is 1. The third-order valence-corrected chi connectivity index (χ3v) is 6.39. The lowest BCUT2D eigenvalue weighted by atomic mass is 10.2. The van der Waals surface area contributed by atoms with Gasteiger partial charge in [0.05, 0.1) is 17.0 Å². The maximum atomic E-state index is 12.8. The lowest BCUT2D eigenvalue weighted by Gasteiger charge is -2.22. The van der Waals surface area contributed by atoms with E-state index in [0.717, 1.165) is 0 Å². The summed E-state index contributed by atoms with van der Waals surface area (Å²) in [4.78, 5) is 0.0401. The molecule has 1 heterocycles. The van der Waals surface area contributed by atoms with E-state index in [-0.39, 0.29) is 21.9 Å². The van der Waals surface area contributed by atoms with E-state index in [2.05, 4.69) is 0 Å². The highest BCUT2D eigenvalue weighted by Gasteiger charge is 2.30. The third kappa shape index (κ3) is 3.66. The van der Waals surface area contributed by atoms with Crippen LogP contribution in [0.3, 0.4) is 0 Å². The van der Waals surface area contributed by atoms with Crippen LogP contribution in [0, 0.1) is 0 Å². The Kier molecular flexibility index (Phi) is 5.79. The highest BCUT2D eigenvalue weighted by molar-refractivity contribution is 7.89. The first kappa shape index (κ1) is 17.3. The van der Waals surface area contributed by atoms with Crippen molar-refractivity contribution in [3.05, 3.63) is 27.7 Å². The van der Waals surface area contributed by atoms with Crippen LogP contribution in [0.15, 0.2) is 17.0 Å². The Morgan fingerprint density at radius 3 is 2.76 bits per heavy atom. The van der Waals surface area contributed by atoms with Gasteiger partial charge in [-0.3, -0.25) is 0 Å². The fourth-order valence-corrected chi connectivity index (χ4v) is 5.07. The molecule has 1 atom stereocenters. The van der Waals surface area contributed by atoms with Crippen molar-refractivity contribution in [1.29, 1.82) is 0 Å². The maximum Gasteiger partial charge on any atom is 0.244 e. The molecule has 1 unspecified atom stereocenters. The van der Waals surface area contributed by atoms with E-state index in [1.165, 1.54) is 16.4 Å². The van der Waals surface area contributed by atoms with Gasteiger partial charge in [0.2, 0.25) is 10.0 Å². The van der Waals surface area contributed by atoms with Gasteiger partial charge in [-0.2, -0.15) is 4.31 Å². The van der Waals surface area contributed by atoms with Gasteiger partial charge < -0.3 is 4.74 Å². The van der Waals surface area contributed by atoms with Crippen LogP contribution in [0.4, 0.5) is 0 Å². The number of ether oxygens (including phenoxy) is 1. The number of hydrogen-bond donors (Lipinski definition) is 0. The first-order valence-corrected chi connectivity index (χ1v) is 9.25. The molecular formula is C13H16Cl3NO3S. The van der Waals surface area contributed by atoms with Crippen molar-refractivity contribution in [2.45, 2.75) is 30.2 Å². The van der Waals surface area contributed by atoms with Gasteiger partial charge in [-0.15, -0.1) is 11.6 Å². The van der Waals surface area contributed by atoms with Crippen molar-refractivity contribution in [3.63, 3.8) is 0 Å². The van der Waals surface area contributed by atoms with Crippen molar-refractivity contribution < 1.29 is 13.2 Å². The molecule has 0 aromatic heterocycles. The summed E-state index contributed by atoms with van der Waals surface area (Å²) < 4.78 is 32.4. The summed E-state index contributed by atoms with van der Waals surface area (Å²) in [5.41, 5.74) is 0.431. The van der Waals surface area contributed by atoms with Gasteiger partial charge in [0.25, 0.3) is 0 Å². The molecule has 1 aromatic carbocycles. The van der Waals surface area contributed by atoms with Crippen LogP contribution in [-0.2, 0) is 20.6 Å². The van der Waals surface area contributed by atoms with Crippen LogP contribution in [0.25, 0.3) is 0 Å². The minimum Gasteiger partial charge on any atom is -0.377 e. The molecule has 118 valence electrons. The van der Waals surface area contributed by atoms with Crippen LogP contribution in [0.5, 0.6) is 0 Å². The van der Waals surface area contributed by atoms with E-state index in [1.54, 1.807) is 0 Å². The fourth-order valence-electron chi connectivity index (χ4n) is 2.21. The molecule has 0 N–H and O–H groups in total. The number of sulfonamides is 1. The summed E-state index contributed by atoms with van der Waals surface area (Å²) in [6, 6.07) is 2.93. The first-order chi connectivity index (χ1) is 9.87. The largest absolute Gasteiger partial charge is 0.377 e. The predicted molar refractivity (Wildman–Crippen MR) is 84.8 cm³/mol. The Morgan fingerprint density at radius 2 is 2.10 bits per heavy atom. The van der Waals surface area contributed by atoms with Gasteiger partial charge in [-0.05, 0) is 25.5 Å². The first-order valence-electron chi connectivity index (χ1n) is 6.52. The van der Waals surface area contributed by atoms with Gasteiger partial charge in [0.1, 0.15) is 4.90 Å². The van der Waals surface area contributed by atoms with Crippen molar-refractivity contribution in [2.75, 3.05) is 19.7 Å². The van der Waals surface area contributed by atoms with E-state index < -0.39 is 10.0 Å². The molecule has 1 fully saturated rings. The number of hydrogen-bond acceptors (Lipinski definition) is 3. The van der Waals surface area contributed by atoms with Crippen LogP contribution in [0.2, 0.25) is 10.0 Å². The van der Waals surface area contributed by atoms with E-state index >= 15 is 0 Å². The monoisotopic (exact) mass is 371 g/mol. The zero-order valence-corrected chi connectivity index (χ0v) is 14.6. The quantitative estimate of drug-likeness (QED) is 0.763. The Balaban J connectivity index is 2.44. The van der Waals surface area contributed by atoms with Gasteiger partial charge in [0, 0.05) is 30.3 Å². The molecule has 0 saturated carbocycles. The summed E-state index contributed by atoms with van der Waals surface area (Å²) in [5.74, 6) is 0.0561. The molecule has 21 heavy (non-hydrogen) atoms. The van der Waals surface area contributed by atoms with Crippen molar-refractivity contribution in [2.24, 2.45) is 0 Å². The summed E-state index contributed by atoms with van der Waals surface area (Å²) in [6.07, 6.45) is 0.498. The predicted octanol–water partition coefficient (Wildman–Crippen LogP) is 3.53. The van der Waals surface area contributed by atoms with E-state index in [9.17, 15) is 8.42 Å². The average Bonchev–Trinajstić information content (AvgIpc) is 2.64. The topological polar surface area (TPSA) is 46.6 Å². The Labute approximate surface area is 140 Å². The molecule has 1 saturated heterocycles. The fraction of sp³-hybridized carbons (Fsp3) is 0.538. The standard InChI is InChI=1S/C13H16Cl3NO3S/c1-9-8-17(5-2-6-20-9)21(18,19)12-4-3-11(15)10(7-14)13(12)16/h3-4,9H,2,5-8H2,1H3. The van der Waals surface area contributed by atoms with Crippen LogP contribution in [-0.4, -0.2) is 38.5 Å². The zero-order valence-electron chi connectivity index (χ0n) is 11.5. The normalized spacial score (nSPS) is 21.2. The van der Waals surface area contributed by atoms with Gasteiger partial charge in [-0.25, -0.2) is 8.42 Å². The van der Waals surface area contributed by atoms with Crippen molar-refractivity contribution in [1.82, 2.24) is 4.31 Å². The molecule has 0 spiro atoms. The second-order valence-corrected chi connectivity index (χ2v) is 7.83. The summed E-state index contributed by atoms with van der Waals surface area (Å²) in [6.45, 7) is 3.11. The Hall–Kier alpha value is -0.0400. The second-order valence-electron chi connectivity index (χ2n) is 4.87. The van der Waals surface area contributed by atoms with E-state index in [1.807, 2.05) is 6.92 Å². The van der Waals surface area contributed by atoms with Crippen molar-refractivity contribution >= 4 is 44.8 Å². The molecule has 0 aliphatic carbocycles. The number of alkyl halides is 1. The molecule has 2 rings (SSSR count). The van der Waals surface area contributed by atoms with Gasteiger partial charge >= 0.3 is 0 Å². The maximum absolute atomic E-state index is 12.8. The molecule has 0 amide bonds. The summed E-state index contributed by atoms with van der Waals surface area (Å²) in [7, 11) is -3.69. The van der Waals surface area contributed by atoms with Crippen LogP contribution >= 0.6 is 34.8 Å². The lowest BCUT2D eigenvalue weighted by molar-refractivity contribution is 0.0752. The molecule has 8 heteroatoms. The van der Waals surface area contributed by atoms with E-state index in [0.29, 0.717) is 36.7 Å². The molecular weight excluding hydrogens is 357 g/mol. The molecule has 4 nitrogen and oxygen atoms in total. The number of benzene rings is 1. The highest BCUT2D eigenvalue weighted by Crippen LogP contribution is 2.34. The van der Waals surface area contributed by atoms with Gasteiger partial charge in [0.15, 0.2) is 0 Å². The minimum atomic E-state index is -3.69. The SMILES string of the molecule is CC1CN(S(=O)(=O)c2ccc(Cl)c(CCl)c2Cl)CCCO1. The summed E-state index contributed by atoms with van der Waals surface area (Å²) in [5, 5.41) is 0.455. The number of halogens is 3. The third-order valence-electron chi connectivity index (χ3n) is 3.32. The molecule has 0 bridgehead atoms. The minimum absolute atomic E-state index is 0.0401. The number of rotatable bonds is 3. The lowest BCUT2D eigenvalue weighted by Crippen LogP contribution is -2.36. The van der Waals surface area contributed by atoms with Crippen LogP contribution < -0.4 is 0 Å². The van der Waals surface area contributed by atoms with Crippen molar-refractivity contribution in [3.8, 4) is 0 Å². The van der Waals surface area contributed by atoms with Crippen LogP contribution in [0.1, 0.15) is 18.9 Å². The molecule has 0 radical (unpaired) electrons. The molecule has 1 aromatic rings. The molecule has 1 aliphatic heterocycles. The Bertz CT molecular complexity index is 621. The Morgan fingerprint density at radius 1 is 1.38 bits per heavy atom. The smallest absolute Gasteiger partial charge is 0.244 e. The zero-order chi connectivity index (χ0) is 15.6. The van der Waals surface area contributed by atoms with E-state index in [4.69, 9.17) is 39.5 Å². The second kappa shape index (κ2) is 7.02. The van der Waals surface area contributed by atoms with Gasteiger partial charge in [-0.1, -0.05) is 23.2 Å². The molecule has 1 aliphatic rings. The summed E-state index contributed by atoms with van der Waals surface area (Å²) >= 11 is 18.0. The average molecular weight is 373 g/mol. The highest BCUT2D eigenvalue weighted by atomic mass is 35.5.